The predicted molar refractivity (Wildman–Crippen MR) is 221 cm³/mol. The fraction of sp³-hybridized carbons (Fsp3) is 0.512. The Kier molecular flexibility index (Phi) is 16.8. The number of ether oxygens (including phenoxy) is 2. The predicted octanol–water partition coefficient (Wildman–Crippen LogP) is 3.75. The first-order valence-electron chi connectivity index (χ1n) is 19.8. The molecule has 16 heteroatoms. The van der Waals surface area contributed by atoms with E-state index in [-0.39, 0.29) is 25.7 Å². The summed E-state index contributed by atoms with van der Waals surface area (Å²) in [5.74, 6) is -5.17. The van der Waals surface area contributed by atoms with Crippen molar-refractivity contribution in [1.29, 1.82) is 0 Å². The summed E-state index contributed by atoms with van der Waals surface area (Å²) >= 11 is 0. The second-order valence-corrected chi connectivity index (χ2v) is 16.7. The molecule has 0 spiro atoms. The Labute approximate surface area is 345 Å². The summed E-state index contributed by atoms with van der Waals surface area (Å²) in [6.07, 6.45) is 0.994. The van der Waals surface area contributed by atoms with E-state index in [9.17, 15) is 38.7 Å². The van der Waals surface area contributed by atoms with Crippen LogP contribution in [0.4, 0.5) is 4.79 Å². The molecule has 0 bridgehead atoms. The van der Waals surface area contributed by atoms with Gasteiger partial charge in [-0.2, -0.15) is 0 Å². The van der Waals surface area contributed by atoms with Crippen molar-refractivity contribution >= 4 is 52.6 Å². The first kappa shape index (κ1) is 47.6. The van der Waals surface area contributed by atoms with E-state index in [4.69, 9.17) is 15.2 Å². The highest BCUT2D eigenvalue weighted by atomic mass is 16.6. The number of hydrogen-bond acceptors (Lipinski definition) is 10. The third-order valence-corrected chi connectivity index (χ3v) is 9.30. The molecule has 6 atom stereocenters. The number of rotatable bonds is 18. The van der Waals surface area contributed by atoms with E-state index in [1.807, 2.05) is 6.92 Å². The third kappa shape index (κ3) is 14.8. The summed E-state index contributed by atoms with van der Waals surface area (Å²) in [6, 6.07) is 9.65. The zero-order chi connectivity index (χ0) is 44.2. The van der Waals surface area contributed by atoms with Crippen LogP contribution in [0.3, 0.4) is 0 Å². The number of carbonyl (C=O) groups excluding carboxylic acids is 6. The molecule has 0 saturated heterocycles. The van der Waals surface area contributed by atoms with Crippen molar-refractivity contribution in [1.82, 2.24) is 25.8 Å². The lowest BCUT2D eigenvalue weighted by Crippen LogP contribution is -2.59. The molecule has 0 radical (unpaired) electrons. The van der Waals surface area contributed by atoms with Gasteiger partial charge in [0.25, 0.3) is 0 Å². The number of amides is 4. The van der Waals surface area contributed by atoms with Crippen LogP contribution in [0, 0.1) is 5.92 Å². The highest BCUT2D eigenvalue weighted by Crippen LogP contribution is 2.24. The maximum Gasteiger partial charge on any atom is 0.419 e. The Balaban J connectivity index is 1.74. The molecule has 0 aliphatic rings. The fourth-order valence-corrected chi connectivity index (χ4v) is 6.05. The molecule has 0 aliphatic heterocycles. The van der Waals surface area contributed by atoms with Gasteiger partial charge in [-0.3, -0.25) is 28.5 Å². The van der Waals surface area contributed by atoms with Crippen LogP contribution in [0.5, 0.6) is 0 Å². The molecule has 0 fully saturated rings. The standard InChI is InChI=1S/C43H60N6O10/c1-10-25(2)35(48-38(53)31(22-27-16-12-11-13-17-27)46-37(52)30(44)20-21-34(50)58-42(4,5)6)39(54)45-26(3)36(51)47-32(40(55)56)23-28-24-49(41(57)59-43(7,8)9)33-19-15-14-18-29(28)33/h11-19,24-26,30-32,35H,10,20-23,44H2,1-9H3,(H,45,54)(H,46,52)(H,47,51)(H,48,53)(H,55,56)/t25-,26-,30-,31-,32-,35-/m0/s1. The highest BCUT2D eigenvalue weighted by molar-refractivity contribution is 5.96. The van der Waals surface area contributed by atoms with Crippen molar-refractivity contribution in [3.63, 3.8) is 0 Å². The van der Waals surface area contributed by atoms with Gasteiger partial charge in [-0.05, 0) is 78.0 Å². The zero-order valence-electron chi connectivity index (χ0n) is 35.4. The van der Waals surface area contributed by atoms with Crippen molar-refractivity contribution in [2.24, 2.45) is 11.7 Å². The van der Waals surface area contributed by atoms with Gasteiger partial charge in [-0.15, -0.1) is 0 Å². The van der Waals surface area contributed by atoms with Crippen LogP contribution in [0.15, 0.2) is 60.8 Å². The van der Waals surface area contributed by atoms with Crippen molar-refractivity contribution in [3.8, 4) is 0 Å². The van der Waals surface area contributed by atoms with Crippen LogP contribution in [0.1, 0.15) is 92.7 Å². The van der Waals surface area contributed by atoms with Crippen LogP contribution < -0.4 is 27.0 Å². The smallest absolute Gasteiger partial charge is 0.419 e. The van der Waals surface area contributed by atoms with Gasteiger partial charge >= 0.3 is 18.0 Å². The van der Waals surface area contributed by atoms with Gasteiger partial charge in [0, 0.05) is 30.8 Å². The van der Waals surface area contributed by atoms with Gasteiger partial charge < -0.3 is 41.6 Å². The first-order valence-corrected chi connectivity index (χ1v) is 19.8. The van der Waals surface area contributed by atoms with E-state index in [0.29, 0.717) is 28.5 Å². The number of fused-ring (bicyclic) bond motifs is 1. The lowest BCUT2D eigenvalue weighted by molar-refractivity contribution is -0.155. The normalized spacial score (nSPS) is 14.7. The van der Waals surface area contributed by atoms with Crippen LogP contribution in [-0.4, -0.2) is 92.7 Å². The largest absolute Gasteiger partial charge is 0.480 e. The summed E-state index contributed by atoms with van der Waals surface area (Å²) in [7, 11) is 0. The number of carbonyl (C=O) groups is 7. The van der Waals surface area contributed by atoms with E-state index in [2.05, 4.69) is 21.3 Å². The van der Waals surface area contributed by atoms with Crippen molar-refractivity contribution in [2.75, 3.05) is 0 Å². The number of nitrogens with zero attached hydrogens (tertiary/aromatic N) is 1. The second-order valence-electron chi connectivity index (χ2n) is 16.7. The molecule has 3 aromatic rings. The lowest BCUT2D eigenvalue weighted by Gasteiger charge is -2.28. The Morgan fingerprint density at radius 1 is 0.729 bits per heavy atom. The third-order valence-electron chi connectivity index (χ3n) is 9.30. The van der Waals surface area contributed by atoms with Crippen LogP contribution >= 0.6 is 0 Å². The molecule has 1 heterocycles. The van der Waals surface area contributed by atoms with Crippen molar-refractivity contribution in [2.45, 2.75) is 136 Å². The average Bonchev–Trinajstić information content (AvgIpc) is 3.52. The van der Waals surface area contributed by atoms with Gasteiger partial charge in [0.05, 0.1) is 11.6 Å². The molecule has 2 aromatic carbocycles. The minimum atomic E-state index is -1.44. The van der Waals surface area contributed by atoms with E-state index in [0.717, 1.165) is 0 Å². The van der Waals surface area contributed by atoms with Crippen LogP contribution in [0.25, 0.3) is 10.9 Å². The number of aromatic nitrogens is 1. The number of nitrogens with two attached hydrogens (primary N) is 1. The molecule has 0 unspecified atom stereocenters. The Bertz CT molecular complexity index is 1970. The summed E-state index contributed by atoms with van der Waals surface area (Å²) in [5.41, 5.74) is 6.31. The molecular weight excluding hydrogens is 761 g/mol. The van der Waals surface area contributed by atoms with Crippen molar-refractivity contribution in [3.05, 3.63) is 71.9 Å². The van der Waals surface area contributed by atoms with E-state index in [1.54, 1.807) is 103 Å². The number of benzene rings is 2. The van der Waals surface area contributed by atoms with Gasteiger partial charge in [-0.1, -0.05) is 68.8 Å². The van der Waals surface area contributed by atoms with E-state index >= 15 is 0 Å². The monoisotopic (exact) mass is 820 g/mol. The number of carboxylic acids is 1. The Morgan fingerprint density at radius 2 is 1.32 bits per heavy atom. The maximum atomic E-state index is 13.9. The number of para-hydroxylation sites is 1. The minimum Gasteiger partial charge on any atom is -0.480 e. The topological polar surface area (TPSA) is 237 Å². The molecule has 0 saturated carbocycles. The number of hydrogen-bond donors (Lipinski definition) is 6. The number of nitrogens with one attached hydrogen (secondary N) is 4. The molecule has 3 rings (SSSR count). The average molecular weight is 821 g/mol. The summed E-state index contributed by atoms with van der Waals surface area (Å²) in [4.78, 5) is 91.9. The molecule has 59 heavy (non-hydrogen) atoms. The number of aliphatic carboxylic acids is 1. The zero-order valence-corrected chi connectivity index (χ0v) is 35.4. The van der Waals surface area contributed by atoms with Crippen LogP contribution in [0.2, 0.25) is 0 Å². The van der Waals surface area contributed by atoms with Gasteiger partial charge in [0.2, 0.25) is 23.6 Å². The second kappa shape index (κ2) is 20.8. The summed E-state index contributed by atoms with van der Waals surface area (Å²) < 4.78 is 12.1. The quantitative estimate of drug-likeness (QED) is 0.101. The molecular formula is C43H60N6O10. The SMILES string of the molecule is CC[C@H](C)[C@H](NC(=O)[C@H](Cc1ccccc1)NC(=O)[C@@H](N)CCC(=O)OC(C)(C)C)C(=O)N[C@@H](C)C(=O)N[C@@H](Cc1cn(C(=O)OC(C)(C)C)c2ccccc12)C(=O)O. The van der Waals surface area contributed by atoms with Gasteiger partial charge in [0.15, 0.2) is 0 Å². The van der Waals surface area contributed by atoms with E-state index < -0.39 is 89.0 Å². The molecule has 7 N–H and O–H groups in total. The van der Waals surface area contributed by atoms with Crippen LogP contribution in [-0.2, 0) is 51.1 Å². The lowest BCUT2D eigenvalue weighted by atomic mass is 9.96. The Hall–Kier alpha value is -5.77. The first-order chi connectivity index (χ1) is 27.5. The van der Waals surface area contributed by atoms with Crippen molar-refractivity contribution < 1.29 is 48.1 Å². The number of esters is 1. The van der Waals surface area contributed by atoms with E-state index in [1.165, 1.54) is 17.7 Å². The minimum absolute atomic E-state index is 0.0313. The maximum absolute atomic E-state index is 13.9. The molecule has 1 aromatic heterocycles. The Morgan fingerprint density at radius 3 is 1.92 bits per heavy atom. The van der Waals surface area contributed by atoms with Gasteiger partial charge in [-0.25, -0.2) is 9.59 Å². The van der Waals surface area contributed by atoms with Gasteiger partial charge in [0.1, 0.15) is 35.4 Å². The summed E-state index contributed by atoms with van der Waals surface area (Å²) in [5, 5.41) is 21.2. The fourth-order valence-electron chi connectivity index (χ4n) is 6.05. The molecule has 4 amide bonds. The summed E-state index contributed by atoms with van der Waals surface area (Å²) in [6.45, 7) is 15.3. The highest BCUT2D eigenvalue weighted by Gasteiger charge is 2.33. The molecule has 322 valence electrons. The molecule has 16 nitrogen and oxygen atoms in total. The number of carboxylic acid groups (broad SMARTS) is 1. The molecule has 0 aliphatic carbocycles.